The number of cyclic esters (lactones) is 1. The van der Waals surface area contributed by atoms with Gasteiger partial charge in [-0.25, -0.2) is 14.5 Å². The van der Waals surface area contributed by atoms with Crippen LogP contribution in [0.25, 0.3) is 0 Å². The van der Waals surface area contributed by atoms with Crippen LogP contribution in [-0.4, -0.2) is 57.2 Å². The molecule has 244 valence electrons. The summed E-state index contributed by atoms with van der Waals surface area (Å²) in [5.41, 5.74) is 3.23. The van der Waals surface area contributed by atoms with Crippen molar-refractivity contribution in [3.05, 3.63) is 168 Å². The average molecular weight is 653 g/mol. The molecule has 2 N–H and O–H groups in total. The molecule has 0 aliphatic carbocycles. The molecule has 10 heteroatoms. The van der Waals surface area contributed by atoms with E-state index in [0.717, 1.165) is 10.5 Å². The first-order valence-electron chi connectivity index (χ1n) is 15.7. The van der Waals surface area contributed by atoms with E-state index < -0.39 is 41.9 Å². The highest BCUT2D eigenvalue weighted by Crippen LogP contribution is 2.34. The lowest BCUT2D eigenvalue weighted by Gasteiger charge is -2.26. The van der Waals surface area contributed by atoms with E-state index in [1.54, 1.807) is 97.1 Å². The predicted molar refractivity (Wildman–Crippen MR) is 183 cm³/mol. The van der Waals surface area contributed by atoms with Gasteiger partial charge in [0.25, 0.3) is 5.91 Å². The number of aliphatic carboxylic acids is 1. The van der Waals surface area contributed by atoms with Gasteiger partial charge in [0.1, 0.15) is 18.3 Å². The number of aromatic nitrogens is 1. The number of hydrogen-bond acceptors (Lipinski definition) is 7. The number of para-hydroxylation sites is 1. The van der Waals surface area contributed by atoms with Gasteiger partial charge in [0.15, 0.2) is 6.04 Å². The van der Waals surface area contributed by atoms with E-state index in [4.69, 9.17) is 9.73 Å². The molecule has 0 unspecified atom stereocenters. The van der Waals surface area contributed by atoms with Crippen molar-refractivity contribution >= 4 is 35.3 Å². The maximum absolute atomic E-state index is 14.0. The fraction of sp³-hybridized carbons (Fsp3) is 0.128. The number of carboxylic acid groups (broad SMARTS) is 1. The molecule has 1 aromatic heterocycles. The number of nitrogens with one attached hydrogen (secondary N) is 1. The summed E-state index contributed by atoms with van der Waals surface area (Å²) in [4.78, 5) is 63.4. The highest BCUT2D eigenvalue weighted by molar-refractivity contribution is 6.18. The van der Waals surface area contributed by atoms with E-state index >= 15 is 0 Å². The summed E-state index contributed by atoms with van der Waals surface area (Å²) in [6.07, 6.45) is 0.385. The van der Waals surface area contributed by atoms with Gasteiger partial charge in [-0.15, -0.1) is 0 Å². The Morgan fingerprint density at radius 3 is 2.14 bits per heavy atom. The minimum absolute atomic E-state index is 0.00966. The fourth-order valence-corrected chi connectivity index (χ4v) is 5.85. The summed E-state index contributed by atoms with van der Waals surface area (Å²) in [5, 5.41) is 13.7. The van der Waals surface area contributed by atoms with Crippen molar-refractivity contribution in [2.24, 2.45) is 4.99 Å². The smallest absolute Gasteiger partial charge is 0.417 e. The average Bonchev–Trinajstić information content (AvgIpc) is 3.54. The highest BCUT2D eigenvalue weighted by atomic mass is 16.6. The Kier molecular flexibility index (Phi) is 9.95. The van der Waals surface area contributed by atoms with Crippen molar-refractivity contribution in [3.8, 4) is 0 Å². The molecule has 3 amide bonds. The number of aliphatic imine (C=N–C) groups is 1. The van der Waals surface area contributed by atoms with Crippen LogP contribution in [0.2, 0.25) is 0 Å². The predicted octanol–water partition coefficient (Wildman–Crippen LogP) is 6.52. The number of hydrogen-bond donors (Lipinski definition) is 2. The van der Waals surface area contributed by atoms with Crippen LogP contribution in [-0.2, 0) is 14.3 Å². The molecule has 0 spiro atoms. The van der Waals surface area contributed by atoms with Crippen molar-refractivity contribution in [1.29, 1.82) is 0 Å². The van der Waals surface area contributed by atoms with E-state index in [1.807, 2.05) is 36.4 Å². The first-order valence-corrected chi connectivity index (χ1v) is 15.7. The third-order valence-corrected chi connectivity index (χ3v) is 8.23. The van der Waals surface area contributed by atoms with Gasteiger partial charge in [-0.05, 0) is 29.3 Å². The van der Waals surface area contributed by atoms with Crippen molar-refractivity contribution in [2.75, 3.05) is 11.9 Å². The Morgan fingerprint density at radius 1 is 0.837 bits per heavy atom. The number of pyridine rings is 1. The van der Waals surface area contributed by atoms with Gasteiger partial charge >= 0.3 is 12.1 Å². The lowest BCUT2D eigenvalue weighted by atomic mass is 9.87. The maximum Gasteiger partial charge on any atom is 0.417 e. The van der Waals surface area contributed by atoms with E-state index in [0.29, 0.717) is 28.1 Å². The largest absolute Gasteiger partial charge is 0.480 e. The Morgan fingerprint density at radius 2 is 1.47 bits per heavy atom. The second kappa shape index (κ2) is 15.0. The molecule has 49 heavy (non-hydrogen) atoms. The summed E-state index contributed by atoms with van der Waals surface area (Å²) < 4.78 is 5.29. The standard InChI is InChI=1S/C39H32N4O6/c44-34(43-33(25-49-39(43)48)27-16-6-2-7-17-27)24-30(26-14-4-1-5-15-26)36(38(46)47)42-35(28-18-8-3-9-19-28)29-20-10-11-21-31(29)41-37(45)32-22-12-13-23-40-32/h1-23,30,33,36H,24-25H2,(H,41,45)(H,46,47)/t30-,33-,36+/m0/s1. The number of rotatable bonds is 11. The van der Waals surface area contributed by atoms with Crippen LogP contribution in [0.3, 0.4) is 0 Å². The van der Waals surface area contributed by atoms with Gasteiger partial charge in [0, 0.05) is 29.7 Å². The van der Waals surface area contributed by atoms with Crippen LogP contribution in [0, 0.1) is 0 Å². The summed E-state index contributed by atoms with van der Waals surface area (Å²) in [7, 11) is 0. The van der Waals surface area contributed by atoms with E-state index in [1.165, 1.54) is 6.20 Å². The Balaban J connectivity index is 1.42. The normalized spacial score (nSPS) is 15.6. The summed E-state index contributed by atoms with van der Waals surface area (Å²) in [6.45, 7) is -0.00966. The Bertz CT molecular complexity index is 1970. The Labute approximate surface area is 282 Å². The van der Waals surface area contributed by atoms with Crippen molar-refractivity contribution in [2.45, 2.75) is 24.4 Å². The summed E-state index contributed by atoms with van der Waals surface area (Å²) >= 11 is 0. The molecule has 6 rings (SSSR count). The van der Waals surface area contributed by atoms with Crippen molar-refractivity contribution in [1.82, 2.24) is 9.88 Å². The van der Waals surface area contributed by atoms with Gasteiger partial charge < -0.3 is 15.2 Å². The minimum Gasteiger partial charge on any atom is -0.480 e. The van der Waals surface area contributed by atoms with Gasteiger partial charge in [-0.2, -0.15) is 0 Å². The van der Waals surface area contributed by atoms with Crippen molar-refractivity contribution < 1.29 is 29.0 Å². The van der Waals surface area contributed by atoms with Crippen LogP contribution < -0.4 is 5.32 Å². The van der Waals surface area contributed by atoms with Gasteiger partial charge in [0.2, 0.25) is 5.91 Å². The molecular formula is C39H32N4O6. The summed E-state index contributed by atoms with van der Waals surface area (Å²) in [5.74, 6) is -3.29. The molecule has 1 aliphatic rings. The van der Waals surface area contributed by atoms with E-state index in [9.17, 15) is 24.3 Å². The zero-order valence-electron chi connectivity index (χ0n) is 26.3. The fourth-order valence-electron chi connectivity index (χ4n) is 5.85. The third kappa shape index (κ3) is 7.44. The first kappa shape index (κ1) is 32.5. The first-order chi connectivity index (χ1) is 23.9. The second-order valence-corrected chi connectivity index (χ2v) is 11.3. The van der Waals surface area contributed by atoms with Crippen LogP contribution >= 0.6 is 0 Å². The highest BCUT2D eigenvalue weighted by Gasteiger charge is 2.41. The molecule has 1 aliphatic heterocycles. The third-order valence-electron chi connectivity index (χ3n) is 8.23. The number of carbonyl (C=O) groups excluding carboxylic acids is 3. The lowest BCUT2D eigenvalue weighted by molar-refractivity contribution is -0.139. The number of amides is 3. The molecule has 10 nitrogen and oxygen atoms in total. The number of carboxylic acids is 1. The van der Waals surface area contributed by atoms with Crippen LogP contribution in [0.15, 0.2) is 145 Å². The number of anilines is 1. The molecule has 0 bridgehead atoms. The topological polar surface area (TPSA) is 138 Å². The maximum atomic E-state index is 14.0. The van der Waals surface area contributed by atoms with Crippen molar-refractivity contribution in [3.63, 3.8) is 0 Å². The van der Waals surface area contributed by atoms with E-state index in [2.05, 4.69) is 10.3 Å². The summed E-state index contributed by atoms with van der Waals surface area (Å²) in [6, 6.07) is 36.7. The lowest BCUT2D eigenvalue weighted by Crippen LogP contribution is -2.38. The zero-order chi connectivity index (χ0) is 34.2. The number of nitrogens with zero attached hydrogens (tertiary/aromatic N) is 3. The molecule has 1 fully saturated rings. The Hall–Kier alpha value is -6.42. The number of carbonyl (C=O) groups is 4. The van der Waals surface area contributed by atoms with Crippen LogP contribution in [0.1, 0.15) is 51.1 Å². The zero-order valence-corrected chi connectivity index (χ0v) is 26.3. The number of benzene rings is 4. The SMILES string of the molecule is O=C(Nc1ccccc1C(=N[C@@H](C(=O)O)[C@@H](CC(=O)N1C(=O)OC[C@H]1c1ccccc1)c1ccccc1)c1ccccc1)c1ccccn1. The molecule has 4 aromatic carbocycles. The molecule has 2 heterocycles. The van der Waals surface area contributed by atoms with E-state index in [-0.39, 0.29) is 18.7 Å². The molecule has 1 saturated heterocycles. The molecule has 0 saturated carbocycles. The monoisotopic (exact) mass is 652 g/mol. The number of ether oxygens (including phenoxy) is 1. The van der Waals surface area contributed by atoms with Gasteiger partial charge in [0.05, 0.1) is 11.4 Å². The molecular weight excluding hydrogens is 620 g/mol. The molecule has 0 radical (unpaired) electrons. The quantitative estimate of drug-likeness (QED) is 0.155. The molecule has 5 aromatic rings. The number of imide groups is 1. The second-order valence-electron chi connectivity index (χ2n) is 11.3. The van der Waals surface area contributed by atoms with Crippen LogP contribution in [0.5, 0.6) is 0 Å². The van der Waals surface area contributed by atoms with Crippen LogP contribution in [0.4, 0.5) is 10.5 Å². The molecule has 3 atom stereocenters. The van der Waals surface area contributed by atoms with Gasteiger partial charge in [-0.3, -0.25) is 19.6 Å². The van der Waals surface area contributed by atoms with Gasteiger partial charge in [-0.1, -0.05) is 115 Å². The minimum atomic E-state index is -1.48.